The fraction of sp³-hybridized carbons (Fsp3) is 0.929. The van der Waals surface area contributed by atoms with Crippen molar-refractivity contribution < 1.29 is 9.90 Å². The van der Waals surface area contributed by atoms with Crippen LogP contribution in [-0.2, 0) is 4.79 Å². The minimum absolute atomic E-state index is 0.0201. The van der Waals surface area contributed by atoms with Crippen LogP contribution in [0.4, 0.5) is 0 Å². The molecule has 0 aromatic carbocycles. The standard InChI is InChI=1S/C14H30N2O2/c1-8-9-10(2)15-12(17)11(3)16-13(4,5)14(6,7)18/h10-11,16,18H,8-9H2,1-7H3,(H,15,17). The lowest BCUT2D eigenvalue weighted by molar-refractivity contribution is -0.124. The highest BCUT2D eigenvalue weighted by atomic mass is 16.3. The molecule has 4 nitrogen and oxygen atoms in total. The molecular weight excluding hydrogens is 228 g/mol. The summed E-state index contributed by atoms with van der Waals surface area (Å²) < 4.78 is 0. The molecule has 0 saturated heterocycles. The van der Waals surface area contributed by atoms with E-state index in [4.69, 9.17) is 0 Å². The summed E-state index contributed by atoms with van der Waals surface area (Å²) in [5.74, 6) is -0.0201. The molecule has 2 unspecified atom stereocenters. The molecule has 4 heteroatoms. The third-order valence-corrected chi connectivity index (χ3v) is 3.61. The molecule has 0 saturated carbocycles. The molecule has 18 heavy (non-hydrogen) atoms. The van der Waals surface area contributed by atoms with Crippen LogP contribution < -0.4 is 10.6 Å². The first kappa shape index (κ1) is 17.4. The van der Waals surface area contributed by atoms with E-state index in [-0.39, 0.29) is 18.0 Å². The molecule has 0 spiro atoms. The first-order chi connectivity index (χ1) is 8.01. The molecule has 0 aromatic heterocycles. The summed E-state index contributed by atoms with van der Waals surface area (Å²) >= 11 is 0. The smallest absolute Gasteiger partial charge is 0.237 e. The van der Waals surface area contributed by atoms with Gasteiger partial charge in [-0.1, -0.05) is 13.3 Å². The highest BCUT2D eigenvalue weighted by Gasteiger charge is 2.37. The Bertz CT molecular complexity index is 269. The molecule has 0 aliphatic carbocycles. The van der Waals surface area contributed by atoms with Gasteiger partial charge in [0.1, 0.15) is 0 Å². The average Bonchev–Trinajstić information content (AvgIpc) is 2.15. The monoisotopic (exact) mass is 258 g/mol. The Kier molecular flexibility index (Phi) is 6.30. The molecule has 108 valence electrons. The maximum Gasteiger partial charge on any atom is 0.237 e. The normalized spacial score (nSPS) is 16.2. The Morgan fingerprint density at radius 3 is 2.11 bits per heavy atom. The van der Waals surface area contributed by atoms with Gasteiger partial charge >= 0.3 is 0 Å². The molecule has 0 rings (SSSR count). The third kappa shape index (κ3) is 5.36. The largest absolute Gasteiger partial charge is 0.389 e. The van der Waals surface area contributed by atoms with Gasteiger partial charge in [-0.05, 0) is 48.0 Å². The summed E-state index contributed by atoms with van der Waals surface area (Å²) in [4.78, 5) is 12.0. The summed E-state index contributed by atoms with van der Waals surface area (Å²) in [6, 6.07) is -0.136. The Balaban J connectivity index is 4.41. The van der Waals surface area contributed by atoms with Gasteiger partial charge in [-0.15, -0.1) is 0 Å². The molecule has 0 aliphatic rings. The lowest BCUT2D eigenvalue weighted by atomic mass is 9.85. The topological polar surface area (TPSA) is 61.4 Å². The van der Waals surface area contributed by atoms with Crippen molar-refractivity contribution in [3.63, 3.8) is 0 Å². The van der Waals surface area contributed by atoms with E-state index in [2.05, 4.69) is 17.6 Å². The Morgan fingerprint density at radius 1 is 1.22 bits per heavy atom. The third-order valence-electron chi connectivity index (χ3n) is 3.61. The summed E-state index contributed by atoms with van der Waals surface area (Å²) in [5.41, 5.74) is -1.42. The second-order valence-electron chi connectivity index (χ2n) is 6.25. The lowest BCUT2D eigenvalue weighted by Crippen LogP contribution is -2.61. The summed E-state index contributed by atoms with van der Waals surface area (Å²) in [7, 11) is 0. The van der Waals surface area contributed by atoms with Crippen molar-refractivity contribution in [3.05, 3.63) is 0 Å². The second kappa shape index (κ2) is 6.53. The number of nitrogens with one attached hydrogen (secondary N) is 2. The zero-order valence-electron chi connectivity index (χ0n) is 12.9. The minimum atomic E-state index is -0.892. The zero-order chi connectivity index (χ0) is 14.6. The molecule has 0 radical (unpaired) electrons. The molecule has 0 fully saturated rings. The maximum absolute atomic E-state index is 12.0. The van der Waals surface area contributed by atoms with E-state index >= 15 is 0 Å². The number of carbonyl (C=O) groups excluding carboxylic acids is 1. The van der Waals surface area contributed by atoms with E-state index in [1.54, 1.807) is 13.8 Å². The summed E-state index contributed by atoms with van der Waals surface area (Å²) in [5, 5.41) is 16.2. The van der Waals surface area contributed by atoms with Crippen LogP contribution >= 0.6 is 0 Å². The van der Waals surface area contributed by atoms with Gasteiger partial charge in [-0.2, -0.15) is 0 Å². The van der Waals surface area contributed by atoms with Crippen LogP contribution in [0, 0.1) is 0 Å². The molecular formula is C14H30N2O2. The zero-order valence-corrected chi connectivity index (χ0v) is 12.9. The van der Waals surface area contributed by atoms with Crippen LogP contribution in [-0.4, -0.2) is 34.2 Å². The van der Waals surface area contributed by atoms with Crippen molar-refractivity contribution in [3.8, 4) is 0 Å². The molecule has 3 N–H and O–H groups in total. The number of amides is 1. The van der Waals surface area contributed by atoms with Crippen LogP contribution in [0.5, 0.6) is 0 Å². The minimum Gasteiger partial charge on any atom is -0.389 e. The van der Waals surface area contributed by atoms with Gasteiger partial charge < -0.3 is 10.4 Å². The van der Waals surface area contributed by atoms with E-state index in [9.17, 15) is 9.90 Å². The SMILES string of the molecule is CCCC(C)NC(=O)C(C)NC(C)(C)C(C)(C)O. The second-order valence-corrected chi connectivity index (χ2v) is 6.25. The Morgan fingerprint density at radius 2 is 1.72 bits per heavy atom. The van der Waals surface area contributed by atoms with Crippen LogP contribution in [0.25, 0.3) is 0 Å². The van der Waals surface area contributed by atoms with Crippen molar-refractivity contribution in [1.29, 1.82) is 0 Å². The van der Waals surface area contributed by atoms with E-state index in [0.29, 0.717) is 0 Å². The van der Waals surface area contributed by atoms with Gasteiger partial charge in [-0.3, -0.25) is 10.1 Å². The van der Waals surface area contributed by atoms with Crippen LogP contribution in [0.2, 0.25) is 0 Å². The predicted octanol–water partition coefficient (Wildman–Crippen LogP) is 1.82. The Hall–Kier alpha value is -0.610. The van der Waals surface area contributed by atoms with Gasteiger partial charge in [0, 0.05) is 11.6 Å². The van der Waals surface area contributed by atoms with Gasteiger partial charge in [0.05, 0.1) is 11.6 Å². The molecule has 0 aliphatic heterocycles. The molecule has 1 amide bonds. The van der Waals surface area contributed by atoms with Gasteiger partial charge in [0.15, 0.2) is 0 Å². The van der Waals surface area contributed by atoms with E-state index in [1.807, 2.05) is 27.7 Å². The van der Waals surface area contributed by atoms with Crippen molar-refractivity contribution in [2.24, 2.45) is 0 Å². The Labute approximate surface area is 112 Å². The van der Waals surface area contributed by atoms with Crippen LogP contribution in [0.1, 0.15) is 61.3 Å². The molecule has 0 aromatic rings. The number of hydrogen-bond donors (Lipinski definition) is 3. The first-order valence-corrected chi connectivity index (χ1v) is 6.81. The van der Waals surface area contributed by atoms with E-state index in [0.717, 1.165) is 12.8 Å². The quantitative estimate of drug-likeness (QED) is 0.653. The number of hydrogen-bond acceptors (Lipinski definition) is 3. The summed E-state index contributed by atoms with van der Waals surface area (Å²) in [6.07, 6.45) is 2.03. The molecule has 0 heterocycles. The molecule has 0 bridgehead atoms. The van der Waals surface area contributed by atoms with Crippen molar-refractivity contribution in [1.82, 2.24) is 10.6 Å². The molecule has 2 atom stereocenters. The van der Waals surface area contributed by atoms with E-state index in [1.165, 1.54) is 0 Å². The number of rotatable bonds is 7. The van der Waals surface area contributed by atoms with Crippen molar-refractivity contribution >= 4 is 5.91 Å². The van der Waals surface area contributed by atoms with Gasteiger partial charge in [-0.25, -0.2) is 0 Å². The van der Waals surface area contributed by atoms with Gasteiger partial charge in [0.2, 0.25) is 5.91 Å². The van der Waals surface area contributed by atoms with E-state index < -0.39 is 11.1 Å². The van der Waals surface area contributed by atoms with Crippen molar-refractivity contribution in [2.45, 2.75) is 84.5 Å². The van der Waals surface area contributed by atoms with Gasteiger partial charge in [0.25, 0.3) is 0 Å². The number of aliphatic hydroxyl groups is 1. The predicted molar refractivity (Wildman–Crippen MR) is 75.5 cm³/mol. The number of carbonyl (C=O) groups is 1. The highest BCUT2D eigenvalue weighted by molar-refractivity contribution is 5.81. The first-order valence-electron chi connectivity index (χ1n) is 6.81. The van der Waals surface area contributed by atoms with Crippen LogP contribution in [0.3, 0.4) is 0 Å². The van der Waals surface area contributed by atoms with Crippen LogP contribution in [0.15, 0.2) is 0 Å². The fourth-order valence-electron chi connectivity index (χ4n) is 1.66. The highest BCUT2D eigenvalue weighted by Crippen LogP contribution is 2.21. The lowest BCUT2D eigenvalue weighted by Gasteiger charge is -2.40. The maximum atomic E-state index is 12.0. The average molecular weight is 258 g/mol. The van der Waals surface area contributed by atoms with Crippen molar-refractivity contribution in [2.75, 3.05) is 0 Å². The fourth-order valence-corrected chi connectivity index (χ4v) is 1.66. The summed E-state index contributed by atoms with van der Waals surface area (Å²) in [6.45, 7) is 13.2.